The van der Waals surface area contributed by atoms with Gasteiger partial charge in [0.05, 0.1) is 16.8 Å². The van der Waals surface area contributed by atoms with Gasteiger partial charge in [0.15, 0.2) is 5.96 Å². The molecule has 0 amide bonds. The molecule has 90 valence electrons. The van der Waals surface area contributed by atoms with E-state index in [0.29, 0.717) is 11.5 Å². The number of rotatable bonds is 1. The fraction of sp³-hybridized carbons (Fsp3) is 0.385. The Kier molecular flexibility index (Phi) is 3.74. The van der Waals surface area contributed by atoms with E-state index in [4.69, 9.17) is 11.0 Å². The van der Waals surface area contributed by atoms with Gasteiger partial charge < -0.3 is 10.6 Å². The van der Waals surface area contributed by atoms with Crippen LogP contribution in [-0.2, 0) is 0 Å². The average molecular weight is 230 g/mol. The highest BCUT2D eigenvalue weighted by molar-refractivity contribution is 5.95. The van der Waals surface area contributed by atoms with Crippen LogP contribution in [-0.4, -0.2) is 18.5 Å². The SMILES string of the molecule is CN(C(N)=NC(C)(C)C)c1ccccc1C#N. The summed E-state index contributed by atoms with van der Waals surface area (Å²) in [6.45, 7) is 5.93. The molecule has 17 heavy (non-hydrogen) atoms. The van der Waals surface area contributed by atoms with E-state index < -0.39 is 0 Å². The first kappa shape index (κ1) is 13.0. The summed E-state index contributed by atoms with van der Waals surface area (Å²) >= 11 is 0. The maximum absolute atomic E-state index is 9.02. The molecule has 0 aliphatic rings. The van der Waals surface area contributed by atoms with Crippen LogP contribution < -0.4 is 10.6 Å². The zero-order valence-electron chi connectivity index (χ0n) is 10.7. The summed E-state index contributed by atoms with van der Waals surface area (Å²) in [6, 6.07) is 9.45. The highest BCUT2D eigenvalue weighted by Gasteiger charge is 2.13. The molecule has 1 aromatic carbocycles. The number of aliphatic imine (C=N–C) groups is 1. The third-order valence-electron chi connectivity index (χ3n) is 2.18. The number of anilines is 1. The van der Waals surface area contributed by atoms with Crippen molar-refractivity contribution < 1.29 is 0 Å². The van der Waals surface area contributed by atoms with Crippen LogP contribution in [0.15, 0.2) is 29.3 Å². The smallest absolute Gasteiger partial charge is 0.196 e. The van der Waals surface area contributed by atoms with Gasteiger partial charge in [0.25, 0.3) is 0 Å². The van der Waals surface area contributed by atoms with E-state index in [0.717, 1.165) is 5.69 Å². The minimum atomic E-state index is -0.236. The first-order valence-electron chi connectivity index (χ1n) is 5.43. The molecule has 1 rings (SSSR count). The van der Waals surface area contributed by atoms with E-state index in [9.17, 15) is 0 Å². The minimum Gasteiger partial charge on any atom is -0.370 e. The molecule has 0 saturated heterocycles. The summed E-state index contributed by atoms with van der Waals surface area (Å²) in [7, 11) is 1.81. The zero-order valence-corrected chi connectivity index (χ0v) is 10.7. The molecule has 0 aliphatic carbocycles. The maximum Gasteiger partial charge on any atom is 0.196 e. The molecule has 0 fully saturated rings. The van der Waals surface area contributed by atoms with Crippen LogP contribution in [0.3, 0.4) is 0 Å². The van der Waals surface area contributed by atoms with Gasteiger partial charge in [-0.15, -0.1) is 0 Å². The first-order valence-corrected chi connectivity index (χ1v) is 5.43. The van der Waals surface area contributed by atoms with Crippen molar-refractivity contribution in [3.63, 3.8) is 0 Å². The van der Waals surface area contributed by atoms with Gasteiger partial charge in [-0.05, 0) is 32.9 Å². The Hall–Kier alpha value is -2.02. The Morgan fingerprint density at radius 2 is 1.94 bits per heavy atom. The van der Waals surface area contributed by atoms with Crippen molar-refractivity contribution >= 4 is 11.6 Å². The predicted octanol–water partition coefficient (Wildman–Crippen LogP) is 2.11. The Morgan fingerprint density at radius 1 is 1.35 bits per heavy atom. The highest BCUT2D eigenvalue weighted by atomic mass is 15.2. The van der Waals surface area contributed by atoms with Crippen LogP contribution in [0.25, 0.3) is 0 Å². The molecule has 1 aromatic rings. The van der Waals surface area contributed by atoms with E-state index in [1.165, 1.54) is 0 Å². The zero-order chi connectivity index (χ0) is 13.1. The molecule has 2 N–H and O–H groups in total. The number of para-hydroxylation sites is 1. The molecular weight excluding hydrogens is 212 g/mol. The number of nitrogens with two attached hydrogens (primary N) is 1. The summed E-state index contributed by atoms with van der Waals surface area (Å²) in [5.41, 5.74) is 7.04. The van der Waals surface area contributed by atoms with E-state index in [1.807, 2.05) is 39.0 Å². The van der Waals surface area contributed by atoms with Gasteiger partial charge in [0.1, 0.15) is 6.07 Å². The minimum absolute atomic E-state index is 0.236. The maximum atomic E-state index is 9.02. The number of nitriles is 1. The monoisotopic (exact) mass is 230 g/mol. The van der Waals surface area contributed by atoms with Gasteiger partial charge in [0.2, 0.25) is 0 Å². The summed E-state index contributed by atoms with van der Waals surface area (Å²) in [5, 5.41) is 9.02. The van der Waals surface area contributed by atoms with E-state index in [2.05, 4.69) is 11.1 Å². The van der Waals surface area contributed by atoms with E-state index >= 15 is 0 Å². The third kappa shape index (κ3) is 3.49. The topological polar surface area (TPSA) is 65.4 Å². The second kappa shape index (κ2) is 4.88. The number of benzene rings is 1. The Bertz CT molecular complexity index is 463. The standard InChI is InChI=1S/C13H18N4/c1-13(2,3)16-12(15)17(4)11-8-6-5-7-10(11)9-14/h5-8H,1-4H3,(H2,15,16). The fourth-order valence-corrected chi connectivity index (χ4v) is 1.40. The number of hydrogen-bond donors (Lipinski definition) is 1. The van der Waals surface area contributed by atoms with Gasteiger partial charge in [-0.3, -0.25) is 0 Å². The largest absolute Gasteiger partial charge is 0.370 e. The highest BCUT2D eigenvalue weighted by Crippen LogP contribution is 2.18. The molecule has 4 nitrogen and oxygen atoms in total. The predicted molar refractivity (Wildman–Crippen MR) is 70.9 cm³/mol. The molecule has 0 bridgehead atoms. The molecular formula is C13H18N4. The Morgan fingerprint density at radius 3 is 2.47 bits per heavy atom. The lowest BCUT2D eigenvalue weighted by molar-refractivity contribution is 0.581. The Labute approximate surface area is 102 Å². The van der Waals surface area contributed by atoms with Crippen molar-refractivity contribution in [2.45, 2.75) is 26.3 Å². The normalized spacial score (nSPS) is 12.1. The van der Waals surface area contributed by atoms with Crippen LogP contribution >= 0.6 is 0 Å². The quantitative estimate of drug-likeness (QED) is 0.593. The van der Waals surface area contributed by atoms with Gasteiger partial charge in [-0.2, -0.15) is 5.26 Å². The van der Waals surface area contributed by atoms with Crippen LogP contribution in [0.1, 0.15) is 26.3 Å². The second-order valence-electron chi connectivity index (χ2n) is 4.83. The summed E-state index contributed by atoms with van der Waals surface area (Å²) in [4.78, 5) is 6.10. The molecule has 0 radical (unpaired) electrons. The van der Waals surface area contributed by atoms with Crippen molar-refractivity contribution in [3.05, 3.63) is 29.8 Å². The molecule has 4 heteroatoms. The van der Waals surface area contributed by atoms with E-state index in [-0.39, 0.29) is 5.54 Å². The van der Waals surface area contributed by atoms with Crippen LogP contribution in [0, 0.1) is 11.3 Å². The number of nitrogens with zero attached hydrogens (tertiary/aromatic N) is 3. The molecule has 0 atom stereocenters. The van der Waals surface area contributed by atoms with Gasteiger partial charge in [0, 0.05) is 7.05 Å². The summed E-state index contributed by atoms with van der Waals surface area (Å²) in [5.74, 6) is 0.403. The molecule has 0 unspecified atom stereocenters. The average Bonchev–Trinajstić information content (AvgIpc) is 2.25. The summed E-state index contributed by atoms with van der Waals surface area (Å²) < 4.78 is 0. The fourth-order valence-electron chi connectivity index (χ4n) is 1.40. The lowest BCUT2D eigenvalue weighted by Gasteiger charge is -2.22. The third-order valence-corrected chi connectivity index (χ3v) is 2.18. The molecule has 0 spiro atoms. The lowest BCUT2D eigenvalue weighted by Crippen LogP contribution is -2.36. The van der Waals surface area contributed by atoms with Crippen LogP contribution in [0.4, 0.5) is 5.69 Å². The molecule has 0 aliphatic heterocycles. The lowest BCUT2D eigenvalue weighted by atomic mass is 10.1. The van der Waals surface area contributed by atoms with Crippen molar-refractivity contribution in [3.8, 4) is 6.07 Å². The number of hydrogen-bond acceptors (Lipinski definition) is 2. The van der Waals surface area contributed by atoms with Gasteiger partial charge in [-0.25, -0.2) is 4.99 Å². The van der Waals surface area contributed by atoms with Gasteiger partial charge >= 0.3 is 0 Å². The van der Waals surface area contributed by atoms with Crippen molar-refractivity contribution in [1.82, 2.24) is 0 Å². The van der Waals surface area contributed by atoms with E-state index in [1.54, 1.807) is 18.0 Å². The second-order valence-corrected chi connectivity index (χ2v) is 4.83. The molecule has 0 heterocycles. The van der Waals surface area contributed by atoms with Crippen molar-refractivity contribution in [2.75, 3.05) is 11.9 Å². The molecule has 0 saturated carbocycles. The van der Waals surface area contributed by atoms with Crippen LogP contribution in [0.2, 0.25) is 0 Å². The van der Waals surface area contributed by atoms with Crippen molar-refractivity contribution in [1.29, 1.82) is 5.26 Å². The van der Waals surface area contributed by atoms with Crippen LogP contribution in [0.5, 0.6) is 0 Å². The van der Waals surface area contributed by atoms with Crippen molar-refractivity contribution in [2.24, 2.45) is 10.7 Å². The first-order chi connectivity index (χ1) is 7.85. The summed E-state index contributed by atoms with van der Waals surface area (Å²) in [6.07, 6.45) is 0. The van der Waals surface area contributed by atoms with Gasteiger partial charge in [-0.1, -0.05) is 12.1 Å². The molecule has 0 aromatic heterocycles. The Balaban J connectivity index is 3.10. The number of guanidine groups is 1.